The fraction of sp³-hybridized carbons (Fsp3) is 0.857. The molecular weight excluding hydrogens is 212 g/mol. The van der Waals surface area contributed by atoms with E-state index < -0.39 is 0 Å². The summed E-state index contributed by atoms with van der Waals surface area (Å²) in [6.45, 7) is 10.5. The van der Waals surface area contributed by atoms with Gasteiger partial charge in [0, 0.05) is 6.54 Å². The number of ether oxygens (including phenoxy) is 1. The molecule has 2 rings (SSSR count). The Morgan fingerprint density at radius 2 is 1.71 bits per heavy atom. The smallest absolute Gasteiger partial charge is 0.0999 e. The average molecular weight is 238 g/mol. The molecule has 0 aromatic rings. The Morgan fingerprint density at radius 1 is 1.12 bits per heavy atom. The molecule has 0 amide bonds. The highest BCUT2D eigenvalue weighted by Crippen LogP contribution is 2.40. The van der Waals surface area contributed by atoms with Crippen LogP contribution in [0.5, 0.6) is 0 Å². The number of rotatable bonds is 4. The molecule has 0 unspecified atom stereocenters. The van der Waals surface area contributed by atoms with Gasteiger partial charge in [0.25, 0.3) is 0 Å². The second-order valence-corrected chi connectivity index (χ2v) is 5.68. The summed E-state index contributed by atoms with van der Waals surface area (Å²) in [5, 5.41) is 0. The van der Waals surface area contributed by atoms with Gasteiger partial charge >= 0.3 is 0 Å². The maximum atomic E-state index is 5.20. The van der Waals surface area contributed by atoms with E-state index in [0.717, 1.165) is 13.2 Å². The van der Waals surface area contributed by atoms with E-state index in [9.17, 15) is 0 Å². The molecule has 0 bridgehead atoms. The molecule has 0 atom stereocenters. The molecule has 3 heteroatoms. The molecule has 0 aromatic carbocycles. The monoisotopic (exact) mass is 238 g/mol. The van der Waals surface area contributed by atoms with Gasteiger partial charge in [0.15, 0.2) is 0 Å². The van der Waals surface area contributed by atoms with Crippen molar-refractivity contribution in [2.75, 3.05) is 46.4 Å². The van der Waals surface area contributed by atoms with Gasteiger partial charge in [0.2, 0.25) is 0 Å². The third kappa shape index (κ3) is 3.46. The van der Waals surface area contributed by atoms with Gasteiger partial charge < -0.3 is 9.64 Å². The van der Waals surface area contributed by atoms with Gasteiger partial charge in [-0.15, -0.1) is 0 Å². The van der Waals surface area contributed by atoms with Gasteiger partial charge in [-0.1, -0.05) is 6.58 Å². The van der Waals surface area contributed by atoms with Crippen LogP contribution in [0.15, 0.2) is 12.8 Å². The number of piperidine rings is 2. The first-order valence-corrected chi connectivity index (χ1v) is 6.88. The van der Waals surface area contributed by atoms with E-state index in [-0.39, 0.29) is 0 Å². The van der Waals surface area contributed by atoms with Crippen LogP contribution < -0.4 is 0 Å². The molecule has 1 spiro atoms. The fourth-order valence-electron chi connectivity index (χ4n) is 3.11. The summed E-state index contributed by atoms with van der Waals surface area (Å²) < 4.78 is 5.20. The highest BCUT2D eigenvalue weighted by atomic mass is 16.5. The molecule has 0 radical (unpaired) electrons. The van der Waals surface area contributed by atoms with Crippen LogP contribution in [0.1, 0.15) is 25.7 Å². The van der Waals surface area contributed by atoms with Crippen molar-refractivity contribution in [1.82, 2.24) is 9.80 Å². The number of likely N-dealkylation sites (tertiary alicyclic amines) is 2. The first-order chi connectivity index (χ1) is 8.24. The van der Waals surface area contributed by atoms with Gasteiger partial charge in [-0.25, -0.2) is 0 Å². The van der Waals surface area contributed by atoms with Crippen molar-refractivity contribution in [3.63, 3.8) is 0 Å². The predicted octanol–water partition coefficient (Wildman–Crippen LogP) is 1.95. The molecule has 0 aliphatic carbocycles. The van der Waals surface area contributed by atoms with Crippen LogP contribution >= 0.6 is 0 Å². The Kier molecular flexibility index (Phi) is 4.46. The van der Waals surface area contributed by atoms with Crippen LogP contribution in [0.4, 0.5) is 0 Å². The minimum absolute atomic E-state index is 0.669. The van der Waals surface area contributed by atoms with Crippen LogP contribution in [0.3, 0.4) is 0 Å². The maximum Gasteiger partial charge on any atom is 0.0999 e. The number of hydrogen-bond acceptors (Lipinski definition) is 3. The minimum Gasteiger partial charge on any atom is -0.500 e. The van der Waals surface area contributed by atoms with Gasteiger partial charge in [0.05, 0.1) is 12.9 Å². The lowest BCUT2D eigenvalue weighted by molar-refractivity contribution is 0.0360. The number of hydrogen-bond donors (Lipinski definition) is 0. The first-order valence-electron chi connectivity index (χ1n) is 6.88. The lowest BCUT2D eigenvalue weighted by Crippen LogP contribution is -2.46. The van der Waals surface area contributed by atoms with Crippen molar-refractivity contribution in [2.24, 2.45) is 5.41 Å². The summed E-state index contributed by atoms with van der Waals surface area (Å²) in [4.78, 5) is 5.00. The van der Waals surface area contributed by atoms with Crippen molar-refractivity contribution in [3.05, 3.63) is 12.8 Å². The minimum atomic E-state index is 0.669. The Morgan fingerprint density at radius 3 is 2.29 bits per heavy atom. The maximum absolute atomic E-state index is 5.20. The first kappa shape index (κ1) is 12.9. The van der Waals surface area contributed by atoms with Crippen molar-refractivity contribution >= 4 is 0 Å². The second kappa shape index (κ2) is 5.87. The summed E-state index contributed by atoms with van der Waals surface area (Å²) in [6.07, 6.45) is 7.12. The SMILES string of the molecule is C=COCCN1CCC2(CCN(C)CC2)CC1. The summed E-state index contributed by atoms with van der Waals surface area (Å²) in [7, 11) is 2.24. The Labute approximate surface area is 105 Å². The molecule has 2 saturated heterocycles. The Bertz CT molecular complexity index is 237. The van der Waals surface area contributed by atoms with Crippen molar-refractivity contribution in [3.8, 4) is 0 Å². The van der Waals surface area contributed by atoms with Crippen molar-refractivity contribution in [1.29, 1.82) is 0 Å². The zero-order valence-corrected chi connectivity index (χ0v) is 11.2. The average Bonchev–Trinajstić information content (AvgIpc) is 2.36. The van der Waals surface area contributed by atoms with Gasteiger partial charge in [-0.05, 0) is 64.3 Å². The Balaban J connectivity index is 1.72. The highest BCUT2D eigenvalue weighted by Gasteiger charge is 2.36. The quantitative estimate of drug-likeness (QED) is 0.550. The van der Waals surface area contributed by atoms with Crippen LogP contribution in [0, 0.1) is 5.41 Å². The molecule has 0 aromatic heterocycles. The molecule has 17 heavy (non-hydrogen) atoms. The summed E-state index contributed by atoms with van der Waals surface area (Å²) in [6, 6.07) is 0. The largest absolute Gasteiger partial charge is 0.500 e. The molecule has 98 valence electrons. The van der Waals surface area contributed by atoms with Crippen LogP contribution in [-0.2, 0) is 4.74 Å². The molecular formula is C14H26N2O. The second-order valence-electron chi connectivity index (χ2n) is 5.68. The fourth-order valence-corrected chi connectivity index (χ4v) is 3.11. The molecule has 2 aliphatic rings. The van der Waals surface area contributed by atoms with E-state index in [1.807, 2.05) is 0 Å². The van der Waals surface area contributed by atoms with E-state index in [2.05, 4.69) is 23.4 Å². The topological polar surface area (TPSA) is 15.7 Å². The number of nitrogens with zero attached hydrogens (tertiary/aromatic N) is 2. The zero-order valence-electron chi connectivity index (χ0n) is 11.2. The zero-order chi connectivity index (χ0) is 12.1. The lowest BCUT2D eigenvalue weighted by atomic mass is 9.71. The van der Waals surface area contributed by atoms with E-state index >= 15 is 0 Å². The standard InChI is InChI=1S/C14H26N2O/c1-3-17-13-12-16-10-6-14(7-11-16)4-8-15(2)9-5-14/h3H,1,4-13H2,2H3. The van der Waals surface area contributed by atoms with Crippen LogP contribution in [-0.4, -0.2) is 56.2 Å². The van der Waals surface area contributed by atoms with E-state index in [4.69, 9.17) is 4.74 Å². The van der Waals surface area contributed by atoms with E-state index in [0.29, 0.717) is 5.41 Å². The molecule has 0 N–H and O–H groups in total. The van der Waals surface area contributed by atoms with Gasteiger partial charge in [-0.3, -0.25) is 4.90 Å². The van der Waals surface area contributed by atoms with Crippen molar-refractivity contribution in [2.45, 2.75) is 25.7 Å². The lowest BCUT2D eigenvalue weighted by Gasteiger charge is -2.46. The molecule has 3 nitrogen and oxygen atoms in total. The molecule has 2 fully saturated rings. The third-order valence-electron chi connectivity index (χ3n) is 4.61. The normalized spacial score (nSPS) is 25.9. The summed E-state index contributed by atoms with van der Waals surface area (Å²) >= 11 is 0. The highest BCUT2D eigenvalue weighted by molar-refractivity contribution is 4.89. The molecule has 2 aliphatic heterocycles. The van der Waals surface area contributed by atoms with Crippen LogP contribution in [0.2, 0.25) is 0 Å². The van der Waals surface area contributed by atoms with Gasteiger partial charge in [-0.2, -0.15) is 0 Å². The summed E-state index contributed by atoms with van der Waals surface area (Å²) in [5.74, 6) is 0. The van der Waals surface area contributed by atoms with Crippen LogP contribution in [0.25, 0.3) is 0 Å². The predicted molar refractivity (Wildman–Crippen MR) is 71.0 cm³/mol. The molecule has 2 heterocycles. The Hall–Kier alpha value is -0.540. The van der Waals surface area contributed by atoms with E-state index in [1.54, 1.807) is 6.26 Å². The third-order valence-corrected chi connectivity index (χ3v) is 4.61. The summed E-state index contributed by atoms with van der Waals surface area (Å²) in [5.41, 5.74) is 0.669. The van der Waals surface area contributed by atoms with E-state index in [1.165, 1.54) is 51.9 Å². The molecule has 0 saturated carbocycles. The van der Waals surface area contributed by atoms with Crippen molar-refractivity contribution < 1.29 is 4.74 Å². The van der Waals surface area contributed by atoms with Gasteiger partial charge in [0.1, 0.15) is 0 Å².